The van der Waals surface area contributed by atoms with E-state index in [0.717, 1.165) is 5.56 Å². The zero-order chi connectivity index (χ0) is 13.8. The molecule has 0 N–H and O–H groups in total. The molecule has 0 aliphatic rings. The number of halogens is 1. The quantitative estimate of drug-likeness (QED) is 0.731. The highest BCUT2D eigenvalue weighted by Crippen LogP contribution is 2.20. The summed E-state index contributed by atoms with van der Waals surface area (Å²) >= 11 is 0. The molecule has 0 atom stereocenters. The molecular formula is C15H12FN3O. The molecule has 3 rings (SSSR count). The first-order valence-corrected chi connectivity index (χ1v) is 6.17. The second-order valence-electron chi connectivity index (χ2n) is 4.23. The van der Waals surface area contributed by atoms with Crippen molar-refractivity contribution in [2.45, 2.75) is 6.61 Å². The Labute approximate surface area is 115 Å². The van der Waals surface area contributed by atoms with Crippen molar-refractivity contribution in [2.24, 2.45) is 0 Å². The summed E-state index contributed by atoms with van der Waals surface area (Å²) in [6.45, 7) is 0.339. The van der Waals surface area contributed by atoms with Crippen molar-refractivity contribution >= 4 is 0 Å². The first kappa shape index (κ1) is 12.3. The van der Waals surface area contributed by atoms with Gasteiger partial charge in [0.25, 0.3) is 0 Å². The maximum Gasteiger partial charge on any atom is 0.142 e. The highest BCUT2D eigenvalue weighted by Gasteiger charge is 2.11. The van der Waals surface area contributed by atoms with E-state index >= 15 is 0 Å². The average Bonchev–Trinajstić information content (AvgIpc) is 2.95. The summed E-state index contributed by atoms with van der Waals surface area (Å²) in [4.78, 5) is 6.79. The number of aromatic nitrogens is 3. The number of nitrogens with zero attached hydrogens (tertiary/aromatic N) is 3. The predicted octanol–water partition coefficient (Wildman–Crippen LogP) is 2.71. The van der Waals surface area contributed by atoms with E-state index in [-0.39, 0.29) is 5.82 Å². The first-order chi connectivity index (χ1) is 9.84. The van der Waals surface area contributed by atoms with Crippen LogP contribution in [-0.2, 0) is 6.61 Å². The zero-order valence-corrected chi connectivity index (χ0v) is 10.6. The van der Waals surface area contributed by atoms with E-state index in [2.05, 4.69) is 10.3 Å². The third-order valence-corrected chi connectivity index (χ3v) is 2.87. The van der Waals surface area contributed by atoms with Gasteiger partial charge >= 0.3 is 0 Å². The van der Waals surface area contributed by atoms with Crippen LogP contribution in [-0.4, -0.2) is 15.2 Å². The molecule has 0 bridgehead atoms. The van der Waals surface area contributed by atoms with Crippen LogP contribution in [0.15, 0.2) is 60.8 Å². The summed E-state index contributed by atoms with van der Waals surface area (Å²) in [5.74, 6) is -0.334. The Kier molecular flexibility index (Phi) is 3.41. The van der Waals surface area contributed by atoms with Crippen LogP contribution in [0.5, 0.6) is 0 Å². The summed E-state index contributed by atoms with van der Waals surface area (Å²) in [7, 11) is 0. The van der Waals surface area contributed by atoms with Crippen LogP contribution in [0, 0.1) is 5.82 Å². The Morgan fingerprint density at radius 3 is 2.55 bits per heavy atom. The van der Waals surface area contributed by atoms with Crippen molar-refractivity contribution < 1.29 is 9.23 Å². The van der Waals surface area contributed by atoms with E-state index in [0.29, 0.717) is 17.9 Å². The fraction of sp³-hybridized carbons (Fsp3) is 0.0667. The molecule has 100 valence electrons. The van der Waals surface area contributed by atoms with Crippen molar-refractivity contribution in [3.63, 3.8) is 0 Å². The van der Waals surface area contributed by atoms with Crippen molar-refractivity contribution in [2.75, 3.05) is 0 Å². The first-order valence-electron chi connectivity index (χ1n) is 6.17. The monoisotopic (exact) mass is 269 g/mol. The molecule has 2 aromatic carbocycles. The molecule has 4 nitrogen and oxygen atoms in total. The Morgan fingerprint density at radius 2 is 1.75 bits per heavy atom. The maximum atomic E-state index is 13.8. The molecule has 0 spiro atoms. The van der Waals surface area contributed by atoms with Crippen LogP contribution in [0.2, 0.25) is 0 Å². The lowest BCUT2D eigenvalue weighted by atomic mass is 10.1. The van der Waals surface area contributed by atoms with Gasteiger partial charge in [-0.05, 0) is 22.9 Å². The van der Waals surface area contributed by atoms with Gasteiger partial charge in [0.05, 0.1) is 6.20 Å². The predicted molar refractivity (Wildman–Crippen MR) is 72.1 cm³/mol. The molecule has 0 amide bonds. The number of rotatable bonds is 4. The van der Waals surface area contributed by atoms with E-state index in [9.17, 15) is 4.39 Å². The third kappa shape index (κ3) is 2.51. The fourth-order valence-electron chi connectivity index (χ4n) is 1.87. The SMILES string of the molecule is Fc1ccccc1-c1cnnn1OCc1ccccc1. The molecule has 1 aromatic heterocycles. The van der Waals surface area contributed by atoms with Crippen LogP contribution in [0.25, 0.3) is 11.3 Å². The highest BCUT2D eigenvalue weighted by atomic mass is 19.1. The molecule has 1 heterocycles. The normalized spacial score (nSPS) is 10.4. The van der Waals surface area contributed by atoms with Gasteiger partial charge in [-0.1, -0.05) is 47.3 Å². The molecule has 20 heavy (non-hydrogen) atoms. The van der Waals surface area contributed by atoms with Crippen molar-refractivity contribution in [3.8, 4) is 11.3 Å². The van der Waals surface area contributed by atoms with Crippen molar-refractivity contribution in [1.82, 2.24) is 15.2 Å². The van der Waals surface area contributed by atoms with Crippen LogP contribution in [0.1, 0.15) is 5.56 Å². The molecule has 0 unspecified atom stereocenters. The van der Waals surface area contributed by atoms with E-state index in [4.69, 9.17) is 4.84 Å². The molecule has 3 aromatic rings. The number of benzene rings is 2. The van der Waals surface area contributed by atoms with Gasteiger partial charge in [-0.3, -0.25) is 0 Å². The van der Waals surface area contributed by atoms with Gasteiger partial charge in [0.2, 0.25) is 0 Å². The Hall–Kier alpha value is -2.69. The van der Waals surface area contributed by atoms with Crippen LogP contribution < -0.4 is 4.84 Å². The summed E-state index contributed by atoms with van der Waals surface area (Å²) in [5.41, 5.74) is 1.90. The lowest BCUT2D eigenvalue weighted by Crippen LogP contribution is -2.14. The molecule has 5 heteroatoms. The molecule has 0 aliphatic carbocycles. The van der Waals surface area contributed by atoms with E-state index in [1.165, 1.54) is 17.1 Å². The Morgan fingerprint density at radius 1 is 1.00 bits per heavy atom. The third-order valence-electron chi connectivity index (χ3n) is 2.87. The Balaban J connectivity index is 1.83. The van der Waals surface area contributed by atoms with E-state index in [1.54, 1.807) is 18.2 Å². The van der Waals surface area contributed by atoms with Crippen LogP contribution >= 0.6 is 0 Å². The van der Waals surface area contributed by atoms with Gasteiger partial charge in [-0.2, -0.15) is 0 Å². The maximum absolute atomic E-state index is 13.8. The van der Waals surface area contributed by atoms with E-state index in [1.807, 2.05) is 30.3 Å². The largest absolute Gasteiger partial charge is 0.390 e. The summed E-state index contributed by atoms with van der Waals surface area (Å²) in [5, 5.41) is 7.60. The topological polar surface area (TPSA) is 39.9 Å². The minimum Gasteiger partial charge on any atom is -0.390 e. The van der Waals surface area contributed by atoms with Gasteiger partial charge in [-0.15, -0.1) is 5.10 Å². The van der Waals surface area contributed by atoms with Crippen LogP contribution in [0.4, 0.5) is 4.39 Å². The minimum absolute atomic E-state index is 0.334. The number of hydrogen-bond acceptors (Lipinski definition) is 3. The van der Waals surface area contributed by atoms with Gasteiger partial charge in [0.15, 0.2) is 0 Å². The zero-order valence-electron chi connectivity index (χ0n) is 10.6. The molecule has 0 fully saturated rings. The van der Waals surface area contributed by atoms with Crippen molar-refractivity contribution in [1.29, 1.82) is 0 Å². The second kappa shape index (κ2) is 5.52. The van der Waals surface area contributed by atoms with E-state index < -0.39 is 0 Å². The lowest BCUT2D eigenvalue weighted by Gasteiger charge is -2.08. The number of hydrogen-bond donors (Lipinski definition) is 0. The fourth-order valence-corrected chi connectivity index (χ4v) is 1.87. The van der Waals surface area contributed by atoms with Gasteiger partial charge in [-0.25, -0.2) is 4.39 Å². The van der Waals surface area contributed by atoms with Gasteiger partial charge < -0.3 is 4.84 Å². The lowest BCUT2D eigenvalue weighted by molar-refractivity contribution is 0.0695. The summed E-state index contributed by atoms with van der Waals surface area (Å²) < 4.78 is 13.8. The average molecular weight is 269 g/mol. The molecule has 0 radical (unpaired) electrons. The smallest absolute Gasteiger partial charge is 0.142 e. The highest BCUT2D eigenvalue weighted by molar-refractivity contribution is 5.58. The Bertz CT molecular complexity index is 697. The minimum atomic E-state index is -0.334. The standard InChI is InChI=1S/C15H12FN3O/c16-14-9-5-4-8-13(14)15-10-17-18-19(15)20-11-12-6-2-1-3-7-12/h1-10H,11H2. The summed E-state index contributed by atoms with van der Waals surface area (Å²) in [6, 6.07) is 16.1. The molecule has 0 saturated carbocycles. The molecular weight excluding hydrogens is 257 g/mol. The van der Waals surface area contributed by atoms with Crippen molar-refractivity contribution in [3.05, 3.63) is 72.2 Å². The molecule has 0 aliphatic heterocycles. The molecule has 0 saturated heterocycles. The van der Waals surface area contributed by atoms with Crippen LogP contribution in [0.3, 0.4) is 0 Å². The summed E-state index contributed by atoms with van der Waals surface area (Å²) in [6.07, 6.45) is 1.48. The van der Waals surface area contributed by atoms with Gasteiger partial charge in [0.1, 0.15) is 18.1 Å². The van der Waals surface area contributed by atoms with Gasteiger partial charge in [0, 0.05) is 5.56 Å². The second-order valence-corrected chi connectivity index (χ2v) is 4.23.